The molecule has 1 amide bonds. The Hall–Kier alpha value is -1.51. The SMILES string of the molecule is COc1cccc2c1NC(=O)C2C1CCCC1. The van der Waals surface area contributed by atoms with E-state index in [1.807, 2.05) is 12.1 Å². The first kappa shape index (κ1) is 10.6. The Morgan fingerprint density at radius 2 is 2.06 bits per heavy atom. The molecule has 1 unspecified atom stereocenters. The fourth-order valence-electron chi connectivity index (χ4n) is 3.21. The maximum absolute atomic E-state index is 12.1. The molecule has 0 aromatic heterocycles. The minimum Gasteiger partial charge on any atom is -0.495 e. The van der Waals surface area contributed by atoms with E-state index >= 15 is 0 Å². The summed E-state index contributed by atoms with van der Waals surface area (Å²) in [5.41, 5.74) is 2.01. The van der Waals surface area contributed by atoms with Crippen LogP contribution >= 0.6 is 0 Å². The van der Waals surface area contributed by atoms with E-state index in [2.05, 4.69) is 11.4 Å². The summed E-state index contributed by atoms with van der Waals surface area (Å²) in [5, 5.41) is 2.98. The molecule has 1 aliphatic carbocycles. The summed E-state index contributed by atoms with van der Waals surface area (Å²) in [7, 11) is 1.64. The maximum atomic E-state index is 12.1. The van der Waals surface area contributed by atoms with Gasteiger partial charge in [0.1, 0.15) is 5.75 Å². The van der Waals surface area contributed by atoms with Gasteiger partial charge in [0, 0.05) is 0 Å². The van der Waals surface area contributed by atoms with Crippen LogP contribution in [0.1, 0.15) is 37.2 Å². The Bertz CT molecular complexity index is 450. The summed E-state index contributed by atoms with van der Waals surface area (Å²) in [6.07, 6.45) is 4.87. The molecule has 1 heterocycles. The molecule has 0 saturated heterocycles. The van der Waals surface area contributed by atoms with Gasteiger partial charge in [-0.3, -0.25) is 4.79 Å². The highest BCUT2D eigenvalue weighted by Gasteiger charge is 2.39. The second-order valence-electron chi connectivity index (χ2n) is 4.94. The van der Waals surface area contributed by atoms with Gasteiger partial charge in [-0.25, -0.2) is 0 Å². The van der Waals surface area contributed by atoms with E-state index in [0.29, 0.717) is 5.92 Å². The fraction of sp³-hybridized carbons (Fsp3) is 0.500. The standard InChI is InChI=1S/C14H17NO2/c1-17-11-8-4-7-10-12(9-5-2-3-6-9)14(16)15-13(10)11/h4,7-9,12H,2-3,5-6H2,1H3,(H,15,16). The largest absolute Gasteiger partial charge is 0.495 e. The predicted octanol–water partition coefficient (Wildman–Crippen LogP) is 2.92. The van der Waals surface area contributed by atoms with Gasteiger partial charge < -0.3 is 10.1 Å². The molecule has 17 heavy (non-hydrogen) atoms. The van der Waals surface area contributed by atoms with Crippen molar-refractivity contribution in [3.63, 3.8) is 0 Å². The van der Waals surface area contributed by atoms with Gasteiger partial charge in [0.05, 0.1) is 18.7 Å². The van der Waals surface area contributed by atoms with Gasteiger partial charge in [-0.1, -0.05) is 25.0 Å². The number of nitrogens with one attached hydrogen (secondary N) is 1. The molecule has 1 fully saturated rings. The Morgan fingerprint density at radius 1 is 1.29 bits per heavy atom. The summed E-state index contributed by atoms with van der Waals surface area (Å²) in [5.74, 6) is 1.48. The van der Waals surface area contributed by atoms with E-state index in [9.17, 15) is 4.79 Å². The summed E-state index contributed by atoms with van der Waals surface area (Å²) < 4.78 is 5.30. The number of amides is 1. The first-order valence-electron chi connectivity index (χ1n) is 6.29. The second kappa shape index (κ2) is 4.06. The van der Waals surface area contributed by atoms with Gasteiger partial charge in [-0.05, 0) is 30.4 Å². The lowest BCUT2D eigenvalue weighted by atomic mass is 9.86. The molecule has 1 saturated carbocycles. The van der Waals surface area contributed by atoms with Crippen molar-refractivity contribution in [1.29, 1.82) is 0 Å². The zero-order valence-electron chi connectivity index (χ0n) is 10.0. The number of carbonyl (C=O) groups is 1. The zero-order chi connectivity index (χ0) is 11.8. The number of benzene rings is 1. The topological polar surface area (TPSA) is 38.3 Å². The lowest BCUT2D eigenvalue weighted by molar-refractivity contribution is -0.118. The number of ether oxygens (including phenoxy) is 1. The summed E-state index contributed by atoms with van der Waals surface area (Å²) >= 11 is 0. The van der Waals surface area contributed by atoms with Gasteiger partial charge in [-0.2, -0.15) is 0 Å². The Labute approximate surface area is 101 Å². The average Bonchev–Trinajstić information content (AvgIpc) is 2.93. The Kier molecular flexibility index (Phi) is 2.54. The number of rotatable bonds is 2. The van der Waals surface area contributed by atoms with Crippen LogP contribution in [0.5, 0.6) is 5.75 Å². The first-order chi connectivity index (χ1) is 8.31. The van der Waals surface area contributed by atoms with Crippen LogP contribution in [0.25, 0.3) is 0 Å². The van der Waals surface area contributed by atoms with Gasteiger partial charge in [0.25, 0.3) is 0 Å². The minimum atomic E-state index is 0.0441. The highest BCUT2D eigenvalue weighted by Crippen LogP contribution is 2.46. The van der Waals surface area contributed by atoms with Gasteiger partial charge >= 0.3 is 0 Å². The number of carbonyl (C=O) groups excluding carboxylic acids is 1. The molecular weight excluding hydrogens is 214 g/mol. The number of fused-ring (bicyclic) bond motifs is 1. The van der Waals surface area contributed by atoms with E-state index in [4.69, 9.17) is 4.74 Å². The molecule has 0 bridgehead atoms. The van der Waals surface area contributed by atoms with Crippen molar-refractivity contribution in [2.75, 3.05) is 12.4 Å². The van der Waals surface area contributed by atoms with Crippen LogP contribution in [0, 0.1) is 5.92 Å². The Balaban J connectivity index is 2.01. The summed E-state index contributed by atoms with van der Waals surface area (Å²) in [6, 6.07) is 5.93. The van der Waals surface area contributed by atoms with E-state index in [0.717, 1.165) is 17.0 Å². The molecule has 0 spiro atoms. The molecule has 1 N–H and O–H groups in total. The smallest absolute Gasteiger partial charge is 0.232 e. The normalized spacial score (nSPS) is 23.6. The van der Waals surface area contributed by atoms with Crippen molar-refractivity contribution in [3.8, 4) is 5.75 Å². The van der Waals surface area contributed by atoms with Gasteiger partial charge in [0.2, 0.25) is 5.91 Å². The third kappa shape index (κ3) is 1.61. The highest BCUT2D eigenvalue weighted by molar-refractivity contribution is 6.04. The van der Waals surface area contributed by atoms with Crippen molar-refractivity contribution >= 4 is 11.6 Å². The molecular formula is C14H17NO2. The van der Waals surface area contributed by atoms with Crippen LogP contribution in [0.15, 0.2) is 18.2 Å². The third-order valence-corrected chi connectivity index (χ3v) is 4.02. The number of methoxy groups -OCH3 is 1. The number of hydrogen-bond acceptors (Lipinski definition) is 2. The maximum Gasteiger partial charge on any atom is 0.232 e. The van der Waals surface area contributed by atoms with Crippen molar-refractivity contribution in [2.24, 2.45) is 5.92 Å². The van der Waals surface area contributed by atoms with Crippen molar-refractivity contribution < 1.29 is 9.53 Å². The lowest BCUT2D eigenvalue weighted by Gasteiger charge is -2.16. The third-order valence-electron chi connectivity index (χ3n) is 4.02. The molecule has 3 nitrogen and oxygen atoms in total. The minimum absolute atomic E-state index is 0.0441. The zero-order valence-corrected chi connectivity index (χ0v) is 10.0. The molecule has 1 aromatic rings. The lowest BCUT2D eigenvalue weighted by Crippen LogP contribution is -2.18. The van der Waals surface area contributed by atoms with Crippen LogP contribution in [0.2, 0.25) is 0 Å². The first-order valence-corrected chi connectivity index (χ1v) is 6.29. The Morgan fingerprint density at radius 3 is 2.76 bits per heavy atom. The van der Waals surface area contributed by atoms with Crippen molar-refractivity contribution in [1.82, 2.24) is 0 Å². The second-order valence-corrected chi connectivity index (χ2v) is 4.94. The fourth-order valence-corrected chi connectivity index (χ4v) is 3.21. The van der Waals surface area contributed by atoms with E-state index in [1.54, 1.807) is 7.11 Å². The van der Waals surface area contributed by atoms with Crippen LogP contribution in [-0.4, -0.2) is 13.0 Å². The molecule has 1 aliphatic heterocycles. The van der Waals surface area contributed by atoms with Crippen molar-refractivity contribution in [3.05, 3.63) is 23.8 Å². The summed E-state index contributed by atoms with van der Waals surface area (Å²) in [4.78, 5) is 12.1. The van der Waals surface area contributed by atoms with Crippen LogP contribution in [0.4, 0.5) is 5.69 Å². The van der Waals surface area contributed by atoms with E-state index < -0.39 is 0 Å². The molecule has 1 aromatic carbocycles. The molecule has 3 heteroatoms. The highest BCUT2D eigenvalue weighted by atomic mass is 16.5. The average molecular weight is 231 g/mol. The van der Waals surface area contributed by atoms with Crippen LogP contribution in [-0.2, 0) is 4.79 Å². The molecule has 1 atom stereocenters. The van der Waals surface area contributed by atoms with Crippen LogP contribution < -0.4 is 10.1 Å². The van der Waals surface area contributed by atoms with Gasteiger partial charge in [-0.15, -0.1) is 0 Å². The quantitative estimate of drug-likeness (QED) is 0.849. The van der Waals surface area contributed by atoms with E-state index in [-0.39, 0.29) is 11.8 Å². The van der Waals surface area contributed by atoms with Crippen LogP contribution in [0.3, 0.4) is 0 Å². The molecule has 0 radical (unpaired) electrons. The van der Waals surface area contributed by atoms with Crippen molar-refractivity contribution in [2.45, 2.75) is 31.6 Å². The molecule has 3 rings (SSSR count). The number of hydrogen-bond donors (Lipinski definition) is 1. The number of anilines is 1. The van der Waals surface area contributed by atoms with E-state index in [1.165, 1.54) is 25.7 Å². The molecule has 2 aliphatic rings. The monoisotopic (exact) mass is 231 g/mol. The van der Waals surface area contributed by atoms with Gasteiger partial charge in [0.15, 0.2) is 0 Å². The number of para-hydroxylation sites is 1. The predicted molar refractivity (Wildman–Crippen MR) is 66.3 cm³/mol. The summed E-state index contributed by atoms with van der Waals surface area (Å²) in [6.45, 7) is 0. The molecule has 90 valence electrons.